The lowest BCUT2D eigenvalue weighted by Crippen LogP contribution is -2.32. The van der Waals surface area contributed by atoms with Crippen LogP contribution in [0, 0.1) is 0 Å². The minimum atomic E-state index is -0.309. The molecule has 52 heavy (non-hydrogen) atoms. The van der Waals surface area contributed by atoms with Crippen LogP contribution >= 0.6 is 0 Å². The summed E-state index contributed by atoms with van der Waals surface area (Å²) in [6.07, 6.45) is 3.35. The average Bonchev–Trinajstić information content (AvgIpc) is 3.74. The molecular formula is C48H36N4. The monoisotopic (exact) mass is 668 g/mol. The van der Waals surface area contributed by atoms with E-state index in [0.717, 1.165) is 45.9 Å². The summed E-state index contributed by atoms with van der Waals surface area (Å²) in [5.74, 6) is 1.71. The zero-order valence-corrected chi connectivity index (χ0v) is 29.4. The highest BCUT2D eigenvalue weighted by atomic mass is 15.3. The van der Waals surface area contributed by atoms with Crippen LogP contribution in [-0.4, -0.2) is 14.5 Å². The first-order valence-electron chi connectivity index (χ1n) is 18.2. The Morgan fingerprint density at radius 3 is 2.17 bits per heavy atom. The van der Waals surface area contributed by atoms with Gasteiger partial charge in [-0.1, -0.05) is 129 Å². The summed E-state index contributed by atoms with van der Waals surface area (Å²) in [6.45, 7) is 7.09. The van der Waals surface area contributed by atoms with E-state index < -0.39 is 0 Å². The van der Waals surface area contributed by atoms with Gasteiger partial charge in [-0.15, -0.1) is 0 Å². The molecule has 8 aromatic rings. The molecule has 1 atom stereocenters. The number of anilines is 2. The van der Waals surface area contributed by atoms with Crippen molar-refractivity contribution in [2.75, 3.05) is 4.90 Å². The van der Waals surface area contributed by atoms with E-state index in [1.54, 1.807) is 0 Å². The highest BCUT2D eigenvalue weighted by Gasteiger charge is 2.50. The number of hydrogen-bond donors (Lipinski definition) is 0. The molecule has 2 aliphatic carbocycles. The third-order valence-electron chi connectivity index (χ3n) is 12.0. The number of para-hydroxylation sites is 3. The van der Waals surface area contributed by atoms with Crippen LogP contribution in [0.25, 0.3) is 56.2 Å². The molecule has 3 heterocycles. The molecule has 2 aromatic heterocycles. The fourth-order valence-electron chi connectivity index (χ4n) is 9.58. The van der Waals surface area contributed by atoms with Gasteiger partial charge in [0.1, 0.15) is 5.82 Å². The van der Waals surface area contributed by atoms with Gasteiger partial charge >= 0.3 is 0 Å². The predicted octanol–water partition coefficient (Wildman–Crippen LogP) is 11.6. The van der Waals surface area contributed by atoms with Gasteiger partial charge in [0.15, 0.2) is 5.82 Å². The van der Waals surface area contributed by atoms with E-state index in [-0.39, 0.29) is 10.8 Å². The Bertz CT molecular complexity index is 2820. The quantitative estimate of drug-likeness (QED) is 0.188. The lowest BCUT2D eigenvalue weighted by molar-refractivity contribution is 0.564. The molecule has 11 rings (SSSR count). The zero-order chi connectivity index (χ0) is 34.8. The highest BCUT2D eigenvalue weighted by Crippen LogP contribution is 2.59. The fourth-order valence-corrected chi connectivity index (χ4v) is 9.58. The summed E-state index contributed by atoms with van der Waals surface area (Å²) < 4.78 is 2.37. The number of allylic oxidation sites excluding steroid dienone is 1. The lowest BCUT2D eigenvalue weighted by Gasteiger charge is -2.35. The van der Waals surface area contributed by atoms with E-state index in [0.29, 0.717) is 0 Å². The van der Waals surface area contributed by atoms with Gasteiger partial charge in [0.2, 0.25) is 0 Å². The molecule has 248 valence electrons. The summed E-state index contributed by atoms with van der Waals surface area (Å²) in [7, 11) is 0. The fraction of sp³-hybridized carbons (Fsp3) is 0.125. The number of fused-ring (bicyclic) bond motifs is 10. The maximum Gasteiger partial charge on any atom is 0.162 e. The minimum absolute atomic E-state index is 0.207. The Hall–Kier alpha value is -6.26. The van der Waals surface area contributed by atoms with Crippen LogP contribution in [0.4, 0.5) is 11.5 Å². The summed E-state index contributed by atoms with van der Waals surface area (Å²) >= 11 is 0. The number of benzene rings is 6. The summed E-state index contributed by atoms with van der Waals surface area (Å²) in [5.41, 5.74) is 15.1. The second-order valence-electron chi connectivity index (χ2n) is 15.2. The lowest BCUT2D eigenvalue weighted by atomic mass is 9.72. The third-order valence-corrected chi connectivity index (χ3v) is 12.0. The molecule has 0 bridgehead atoms. The Kier molecular flexibility index (Phi) is 5.89. The van der Waals surface area contributed by atoms with Crippen molar-refractivity contribution < 1.29 is 0 Å². The molecule has 4 heteroatoms. The minimum Gasteiger partial charge on any atom is -0.309 e. The van der Waals surface area contributed by atoms with Crippen molar-refractivity contribution in [1.82, 2.24) is 14.5 Å². The van der Waals surface area contributed by atoms with E-state index in [1.165, 1.54) is 55.7 Å². The van der Waals surface area contributed by atoms with Crippen LogP contribution < -0.4 is 4.90 Å². The van der Waals surface area contributed by atoms with E-state index in [1.807, 2.05) is 0 Å². The van der Waals surface area contributed by atoms with Gasteiger partial charge in [0, 0.05) is 49.7 Å². The van der Waals surface area contributed by atoms with Crippen LogP contribution in [0.3, 0.4) is 0 Å². The zero-order valence-electron chi connectivity index (χ0n) is 29.4. The Balaban J connectivity index is 1.25. The van der Waals surface area contributed by atoms with E-state index in [2.05, 4.69) is 182 Å². The number of aromatic nitrogens is 3. The van der Waals surface area contributed by atoms with Gasteiger partial charge in [-0.05, 0) is 72.0 Å². The van der Waals surface area contributed by atoms with Crippen molar-refractivity contribution in [2.24, 2.45) is 0 Å². The normalized spacial score (nSPS) is 17.8. The summed E-state index contributed by atoms with van der Waals surface area (Å²) in [5, 5.41) is 2.35. The smallest absolute Gasteiger partial charge is 0.162 e. The molecule has 0 radical (unpaired) electrons. The molecule has 1 unspecified atom stereocenters. The first kappa shape index (κ1) is 29.5. The standard InChI is InChI=1S/C48H36N4/c1-47(2)36-23-11-9-20-33(36)44-43(47)46(52-39-26-14-12-24-37(39)48(3)29-31-17-8-7-16-30(31)28-41(48)52)50-45(49-44)35-22-15-27-40-42(35)34-21-10-13-25-38(34)51(40)32-18-5-4-6-19-32/h4-28H,29H2,1-3H3. The van der Waals surface area contributed by atoms with Crippen molar-refractivity contribution in [3.8, 4) is 28.3 Å². The van der Waals surface area contributed by atoms with E-state index in [9.17, 15) is 0 Å². The molecule has 1 aliphatic heterocycles. The van der Waals surface area contributed by atoms with Crippen molar-refractivity contribution in [2.45, 2.75) is 38.0 Å². The molecule has 0 amide bonds. The van der Waals surface area contributed by atoms with Crippen LogP contribution in [0.2, 0.25) is 0 Å². The highest BCUT2D eigenvalue weighted by molar-refractivity contribution is 6.15. The van der Waals surface area contributed by atoms with Gasteiger partial charge in [-0.25, -0.2) is 9.97 Å². The molecule has 0 saturated carbocycles. The second kappa shape index (κ2) is 10.4. The maximum absolute atomic E-state index is 5.76. The molecule has 3 aliphatic rings. The molecule has 6 aromatic carbocycles. The maximum atomic E-state index is 5.76. The second-order valence-corrected chi connectivity index (χ2v) is 15.2. The topological polar surface area (TPSA) is 34.0 Å². The molecule has 0 N–H and O–H groups in total. The van der Waals surface area contributed by atoms with Gasteiger partial charge < -0.3 is 4.57 Å². The Morgan fingerprint density at radius 1 is 0.596 bits per heavy atom. The van der Waals surface area contributed by atoms with Gasteiger partial charge in [-0.3, -0.25) is 4.90 Å². The number of rotatable bonds is 3. The predicted molar refractivity (Wildman–Crippen MR) is 213 cm³/mol. The van der Waals surface area contributed by atoms with Crippen molar-refractivity contribution in [3.63, 3.8) is 0 Å². The van der Waals surface area contributed by atoms with Crippen molar-refractivity contribution in [1.29, 1.82) is 0 Å². The molecule has 0 saturated heterocycles. The van der Waals surface area contributed by atoms with E-state index >= 15 is 0 Å². The van der Waals surface area contributed by atoms with Crippen LogP contribution in [-0.2, 0) is 17.3 Å². The SMILES string of the molecule is CC12Cc3ccccc3C=C1N(c1nc(-c3cccc4c3c3ccccc3n4-c3ccccc3)nc3c1C(C)(C)c1ccccc1-3)c1ccccc12. The van der Waals surface area contributed by atoms with Gasteiger partial charge in [0.25, 0.3) is 0 Å². The van der Waals surface area contributed by atoms with Crippen LogP contribution in [0.1, 0.15) is 48.6 Å². The first-order chi connectivity index (χ1) is 25.4. The van der Waals surface area contributed by atoms with E-state index in [4.69, 9.17) is 9.97 Å². The number of nitrogens with zero attached hydrogens (tertiary/aromatic N) is 4. The summed E-state index contributed by atoms with van der Waals surface area (Å²) in [4.78, 5) is 13.8. The van der Waals surface area contributed by atoms with Crippen LogP contribution in [0.15, 0.2) is 151 Å². The van der Waals surface area contributed by atoms with Gasteiger partial charge in [0.05, 0.1) is 22.4 Å². The Morgan fingerprint density at radius 2 is 1.29 bits per heavy atom. The van der Waals surface area contributed by atoms with Crippen LogP contribution in [0.5, 0.6) is 0 Å². The number of hydrogen-bond acceptors (Lipinski definition) is 3. The largest absolute Gasteiger partial charge is 0.309 e. The molecule has 0 fully saturated rings. The first-order valence-corrected chi connectivity index (χ1v) is 18.2. The molecule has 0 spiro atoms. The van der Waals surface area contributed by atoms with Crippen molar-refractivity contribution in [3.05, 3.63) is 179 Å². The Labute approximate surface area is 303 Å². The summed E-state index contributed by atoms with van der Waals surface area (Å²) in [6, 6.07) is 52.6. The van der Waals surface area contributed by atoms with Crippen molar-refractivity contribution >= 4 is 39.4 Å². The third kappa shape index (κ3) is 3.81. The molecular weight excluding hydrogens is 633 g/mol. The average molecular weight is 669 g/mol. The van der Waals surface area contributed by atoms with Gasteiger partial charge in [-0.2, -0.15) is 0 Å². The molecule has 4 nitrogen and oxygen atoms in total.